The van der Waals surface area contributed by atoms with E-state index in [4.69, 9.17) is 4.74 Å². The van der Waals surface area contributed by atoms with Crippen LogP contribution in [0.4, 0.5) is 5.69 Å². The maximum atomic E-state index is 13.1. The second kappa shape index (κ2) is 7.43. The molecule has 4 aliphatic rings. The number of hydrogen-bond acceptors (Lipinski definition) is 7. The zero-order chi connectivity index (χ0) is 21.1. The molecule has 2 aliphatic heterocycles. The van der Waals surface area contributed by atoms with Crippen LogP contribution in [0.1, 0.15) is 6.42 Å². The fourth-order valence-electron chi connectivity index (χ4n) is 5.28. The largest absolute Gasteiger partial charge is 0.378 e. The highest BCUT2D eigenvalue weighted by Gasteiger charge is 2.59. The number of carbonyl (C=O) groups is 3. The molecule has 1 saturated carbocycles. The van der Waals surface area contributed by atoms with Crippen molar-refractivity contribution >= 4 is 56.7 Å². The van der Waals surface area contributed by atoms with Gasteiger partial charge in [0.25, 0.3) is 0 Å². The van der Waals surface area contributed by atoms with Crippen LogP contribution in [0.5, 0.6) is 0 Å². The van der Waals surface area contributed by atoms with Gasteiger partial charge in [0, 0.05) is 13.1 Å². The van der Waals surface area contributed by atoms with Gasteiger partial charge in [-0.15, -0.1) is 11.3 Å². The number of nitrogens with zero attached hydrogens (tertiary/aromatic N) is 3. The van der Waals surface area contributed by atoms with Crippen molar-refractivity contribution in [3.63, 3.8) is 0 Å². The minimum atomic E-state index is -0.197. The summed E-state index contributed by atoms with van der Waals surface area (Å²) < 4.78 is 7.02. The Kier molecular flexibility index (Phi) is 4.66. The van der Waals surface area contributed by atoms with E-state index in [1.807, 2.05) is 23.1 Å². The van der Waals surface area contributed by atoms with Crippen molar-refractivity contribution in [1.29, 1.82) is 0 Å². The Morgan fingerprint density at radius 1 is 1.13 bits per heavy atom. The molecule has 0 N–H and O–H groups in total. The summed E-state index contributed by atoms with van der Waals surface area (Å²) >= 11 is 2.92. The van der Waals surface area contributed by atoms with Gasteiger partial charge in [0.05, 0.1) is 46.7 Å². The van der Waals surface area contributed by atoms with Gasteiger partial charge in [-0.1, -0.05) is 23.9 Å². The van der Waals surface area contributed by atoms with E-state index < -0.39 is 0 Å². The molecule has 160 valence electrons. The third-order valence-corrected chi connectivity index (χ3v) is 8.91. The molecule has 3 fully saturated rings. The summed E-state index contributed by atoms with van der Waals surface area (Å²) in [6.45, 7) is 2.46. The number of imide groups is 1. The van der Waals surface area contributed by atoms with Crippen molar-refractivity contribution in [3.05, 3.63) is 30.4 Å². The number of hydrogen-bond donors (Lipinski definition) is 0. The molecule has 3 amide bonds. The molecule has 2 aliphatic carbocycles. The Labute approximate surface area is 187 Å². The molecule has 6 rings (SSSR count). The average Bonchev–Trinajstić information content (AvgIpc) is 3.55. The Hall–Kier alpha value is -2.23. The molecule has 1 aromatic carbocycles. The van der Waals surface area contributed by atoms with Gasteiger partial charge in [-0.2, -0.15) is 0 Å². The normalized spacial score (nSPS) is 29.4. The van der Waals surface area contributed by atoms with Gasteiger partial charge in [-0.05, 0) is 36.5 Å². The van der Waals surface area contributed by atoms with Crippen LogP contribution in [0.3, 0.4) is 0 Å². The number of thioether (sulfide) groups is 1. The number of thiazole rings is 1. The van der Waals surface area contributed by atoms with Crippen molar-refractivity contribution < 1.29 is 19.1 Å². The monoisotopic (exact) mass is 455 g/mol. The lowest BCUT2D eigenvalue weighted by molar-refractivity contribution is -0.132. The molecule has 1 aromatic heterocycles. The highest BCUT2D eigenvalue weighted by molar-refractivity contribution is 8.01. The Morgan fingerprint density at radius 3 is 2.55 bits per heavy atom. The van der Waals surface area contributed by atoms with Crippen molar-refractivity contribution in [3.8, 4) is 0 Å². The molecule has 0 spiro atoms. The number of ether oxygens (including phenoxy) is 1. The number of rotatable bonds is 4. The number of fused-ring (bicyclic) bond motifs is 6. The van der Waals surface area contributed by atoms with Gasteiger partial charge < -0.3 is 9.64 Å². The molecule has 2 saturated heterocycles. The summed E-state index contributed by atoms with van der Waals surface area (Å²) in [5.74, 6) is 0.314. The van der Waals surface area contributed by atoms with E-state index in [-0.39, 0.29) is 41.4 Å². The van der Waals surface area contributed by atoms with Crippen LogP contribution in [0.15, 0.2) is 34.7 Å². The number of anilines is 1. The number of morpholine rings is 1. The van der Waals surface area contributed by atoms with Crippen molar-refractivity contribution in [2.45, 2.75) is 10.8 Å². The van der Waals surface area contributed by atoms with Gasteiger partial charge in [-0.3, -0.25) is 14.4 Å². The first-order chi connectivity index (χ1) is 15.1. The van der Waals surface area contributed by atoms with Gasteiger partial charge in [0.15, 0.2) is 4.34 Å². The van der Waals surface area contributed by atoms with Gasteiger partial charge in [-0.25, -0.2) is 9.88 Å². The zero-order valence-corrected chi connectivity index (χ0v) is 18.4. The minimum absolute atomic E-state index is 0.0681. The lowest BCUT2D eigenvalue weighted by atomic mass is 9.85. The molecule has 4 atom stereocenters. The quantitative estimate of drug-likeness (QED) is 0.401. The van der Waals surface area contributed by atoms with Crippen LogP contribution in [0.25, 0.3) is 10.2 Å². The van der Waals surface area contributed by atoms with Crippen molar-refractivity contribution in [2.75, 3.05) is 37.0 Å². The van der Waals surface area contributed by atoms with Crippen LogP contribution in [0, 0.1) is 23.7 Å². The van der Waals surface area contributed by atoms with Gasteiger partial charge >= 0.3 is 0 Å². The Balaban J connectivity index is 1.19. The lowest BCUT2D eigenvalue weighted by Gasteiger charge is -2.26. The molecule has 0 radical (unpaired) electrons. The van der Waals surface area contributed by atoms with Crippen LogP contribution in [-0.2, 0) is 19.1 Å². The first kappa shape index (κ1) is 19.5. The van der Waals surface area contributed by atoms with E-state index in [0.717, 1.165) is 21.0 Å². The highest BCUT2D eigenvalue weighted by atomic mass is 32.2. The minimum Gasteiger partial charge on any atom is -0.378 e. The van der Waals surface area contributed by atoms with E-state index in [1.54, 1.807) is 0 Å². The summed E-state index contributed by atoms with van der Waals surface area (Å²) in [4.78, 5) is 46.3. The molecule has 2 aromatic rings. The molecular weight excluding hydrogens is 434 g/mol. The zero-order valence-electron chi connectivity index (χ0n) is 16.7. The molecular formula is C22H21N3O4S2. The molecule has 0 unspecified atom stereocenters. The van der Waals surface area contributed by atoms with Crippen molar-refractivity contribution in [2.24, 2.45) is 23.7 Å². The predicted molar refractivity (Wildman–Crippen MR) is 118 cm³/mol. The fourth-order valence-corrected chi connectivity index (χ4v) is 7.28. The van der Waals surface area contributed by atoms with Crippen LogP contribution in [-0.4, -0.2) is 59.7 Å². The number of carbonyl (C=O) groups excluding carboxylic acids is 3. The molecule has 31 heavy (non-hydrogen) atoms. The van der Waals surface area contributed by atoms with E-state index in [2.05, 4.69) is 17.1 Å². The maximum absolute atomic E-state index is 13.1. The second-order valence-electron chi connectivity index (χ2n) is 8.43. The maximum Gasteiger partial charge on any atom is 0.238 e. The molecule has 2 bridgehead atoms. The summed E-state index contributed by atoms with van der Waals surface area (Å²) in [7, 11) is 0. The smallest absolute Gasteiger partial charge is 0.238 e. The molecule has 7 nitrogen and oxygen atoms in total. The SMILES string of the molecule is O=C(CSc1nc2ccc(N3C(=O)[C@@H]4[C@H](C3=O)[C@H]3C=C[C@H]4C3)cc2s1)N1CCOCC1. The summed E-state index contributed by atoms with van der Waals surface area (Å²) in [5.41, 5.74) is 1.44. The van der Waals surface area contributed by atoms with E-state index >= 15 is 0 Å². The first-order valence-electron chi connectivity index (χ1n) is 10.6. The Bertz CT molecular complexity index is 1090. The van der Waals surface area contributed by atoms with Crippen LogP contribution >= 0.6 is 23.1 Å². The van der Waals surface area contributed by atoms with Crippen LogP contribution < -0.4 is 4.90 Å². The Morgan fingerprint density at radius 2 is 1.84 bits per heavy atom. The first-order valence-corrected chi connectivity index (χ1v) is 12.4. The van der Waals surface area contributed by atoms with Crippen LogP contribution in [0.2, 0.25) is 0 Å². The summed E-state index contributed by atoms with van der Waals surface area (Å²) in [6.07, 6.45) is 5.14. The standard InChI is InChI=1S/C22H21N3O4S2/c26-17(24-5-7-29-8-6-24)11-30-22-23-15-4-3-14(10-16(15)31-22)25-20(27)18-12-1-2-13(9-12)19(18)21(25)28/h1-4,10,12-13,18-19H,5-9,11H2/t12-,13-,18-,19+/m0/s1. The topological polar surface area (TPSA) is 79.8 Å². The third-order valence-electron chi connectivity index (χ3n) is 6.76. The number of aromatic nitrogens is 1. The van der Waals surface area contributed by atoms with E-state index in [9.17, 15) is 14.4 Å². The third kappa shape index (κ3) is 3.13. The summed E-state index contributed by atoms with van der Waals surface area (Å²) in [6, 6.07) is 5.55. The van der Waals surface area contributed by atoms with Gasteiger partial charge in [0.2, 0.25) is 17.7 Å². The fraction of sp³-hybridized carbons (Fsp3) is 0.455. The highest BCUT2D eigenvalue weighted by Crippen LogP contribution is 2.53. The predicted octanol–water partition coefficient (Wildman–Crippen LogP) is 2.56. The van der Waals surface area contributed by atoms with E-state index in [1.165, 1.54) is 28.0 Å². The molecule has 3 heterocycles. The number of allylic oxidation sites excluding steroid dienone is 2. The number of benzene rings is 1. The van der Waals surface area contributed by atoms with Crippen molar-refractivity contribution in [1.82, 2.24) is 9.88 Å². The summed E-state index contributed by atoms with van der Waals surface area (Å²) in [5, 5.41) is 0. The average molecular weight is 456 g/mol. The molecule has 9 heteroatoms. The number of amides is 3. The van der Waals surface area contributed by atoms with Gasteiger partial charge in [0.1, 0.15) is 0 Å². The lowest BCUT2D eigenvalue weighted by Crippen LogP contribution is -2.41. The second-order valence-corrected chi connectivity index (χ2v) is 10.7. The van der Waals surface area contributed by atoms with E-state index in [0.29, 0.717) is 37.7 Å².